The number of anilines is 3. The fourth-order valence-corrected chi connectivity index (χ4v) is 2.65. The highest BCUT2D eigenvalue weighted by Gasteiger charge is 2.14. The van der Waals surface area contributed by atoms with Crippen LogP contribution in [0.4, 0.5) is 21.9 Å². The molecule has 2 N–H and O–H groups in total. The number of amides is 3. The van der Waals surface area contributed by atoms with Gasteiger partial charge in [0.15, 0.2) is 0 Å². The van der Waals surface area contributed by atoms with Crippen molar-refractivity contribution in [3.05, 3.63) is 89.4 Å². The lowest BCUT2D eigenvalue weighted by Crippen LogP contribution is -2.26. The zero-order valence-electron chi connectivity index (χ0n) is 14.6. The number of rotatable bonds is 4. The van der Waals surface area contributed by atoms with Gasteiger partial charge in [0.2, 0.25) is 0 Å². The fraction of sp³-hybridized carbons (Fsp3) is 0.0476. The first kappa shape index (κ1) is 18.5. The molecule has 5 nitrogen and oxygen atoms in total. The number of hydrogen-bond donors (Lipinski definition) is 2. The summed E-state index contributed by atoms with van der Waals surface area (Å²) >= 11 is 5.83. The molecule has 0 aliphatic carbocycles. The molecule has 0 radical (unpaired) electrons. The summed E-state index contributed by atoms with van der Waals surface area (Å²) in [6.45, 7) is 0. The highest BCUT2D eigenvalue weighted by molar-refractivity contribution is 6.30. The molecule has 0 spiro atoms. The van der Waals surface area contributed by atoms with Crippen LogP contribution in [0.2, 0.25) is 5.02 Å². The van der Waals surface area contributed by atoms with E-state index in [2.05, 4.69) is 10.6 Å². The molecule has 0 aromatic heterocycles. The maximum absolute atomic E-state index is 12.7. The van der Waals surface area contributed by atoms with Crippen LogP contribution < -0.4 is 15.5 Å². The van der Waals surface area contributed by atoms with Crippen LogP contribution in [-0.2, 0) is 0 Å². The molecule has 0 saturated carbocycles. The van der Waals surface area contributed by atoms with Crippen molar-refractivity contribution < 1.29 is 9.59 Å². The third kappa shape index (κ3) is 4.86. The van der Waals surface area contributed by atoms with Crippen LogP contribution in [-0.4, -0.2) is 19.0 Å². The summed E-state index contributed by atoms with van der Waals surface area (Å²) in [7, 11) is 1.71. The molecule has 0 aliphatic rings. The Kier molecular flexibility index (Phi) is 5.74. The van der Waals surface area contributed by atoms with E-state index in [1.165, 1.54) is 0 Å². The van der Waals surface area contributed by atoms with Crippen LogP contribution in [0.5, 0.6) is 0 Å². The second-order valence-corrected chi connectivity index (χ2v) is 6.30. The van der Waals surface area contributed by atoms with Crippen molar-refractivity contribution in [1.82, 2.24) is 0 Å². The molecule has 0 saturated heterocycles. The first-order chi connectivity index (χ1) is 13.0. The van der Waals surface area contributed by atoms with Crippen LogP contribution in [0.3, 0.4) is 0 Å². The van der Waals surface area contributed by atoms with Crippen LogP contribution in [0.15, 0.2) is 78.9 Å². The van der Waals surface area contributed by atoms with E-state index < -0.39 is 6.03 Å². The van der Waals surface area contributed by atoms with E-state index in [-0.39, 0.29) is 5.91 Å². The van der Waals surface area contributed by atoms with Crippen molar-refractivity contribution in [1.29, 1.82) is 0 Å². The Morgan fingerprint density at radius 3 is 2.19 bits per heavy atom. The largest absolute Gasteiger partial charge is 0.323 e. The minimum Gasteiger partial charge on any atom is -0.311 e. The lowest BCUT2D eigenvalue weighted by atomic mass is 10.1. The molecule has 0 fully saturated rings. The Bertz CT molecular complexity index is 943. The topological polar surface area (TPSA) is 61.4 Å². The summed E-state index contributed by atoms with van der Waals surface area (Å²) < 4.78 is 0. The van der Waals surface area contributed by atoms with Gasteiger partial charge in [0.05, 0.1) is 0 Å². The van der Waals surface area contributed by atoms with E-state index in [1.54, 1.807) is 60.5 Å². The Morgan fingerprint density at radius 1 is 0.815 bits per heavy atom. The van der Waals surface area contributed by atoms with Crippen molar-refractivity contribution in [3.8, 4) is 0 Å². The maximum Gasteiger partial charge on any atom is 0.323 e. The minimum absolute atomic E-state index is 0.164. The molecule has 27 heavy (non-hydrogen) atoms. The highest BCUT2D eigenvalue weighted by Crippen LogP contribution is 2.18. The van der Waals surface area contributed by atoms with Gasteiger partial charge >= 0.3 is 6.03 Å². The monoisotopic (exact) mass is 379 g/mol. The van der Waals surface area contributed by atoms with E-state index in [0.717, 1.165) is 5.69 Å². The smallest absolute Gasteiger partial charge is 0.311 e. The number of para-hydroxylation sites is 1. The standard InChI is InChI=1S/C21H18ClN3O2/c1-25(19-8-3-2-4-9-19)20(26)15-6-5-7-18(14-15)24-21(27)23-17-12-10-16(22)11-13-17/h2-14H,1H3,(H2,23,24,27). The molecule has 3 rings (SSSR count). The minimum atomic E-state index is -0.404. The molecular formula is C21H18ClN3O2. The molecule has 0 atom stereocenters. The summed E-state index contributed by atoms with van der Waals surface area (Å²) in [4.78, 5) is 26.4. The highest BCUT2D eigenvalue weighted by atomic mass is 35.5. The SMILES string of the molecule is CN(C(=O)c1cccc(NC(=O)Nc2ccc(Cl)cc2)c1)c1ccccc1. The van der Waals surface area contributed by atoms with Gasteiger partial charge in [-0.25, -0.2) is 4.79 Å². The average Bonchev–Trinajstić information content (AvgIpc) is 2.69. The van der Waals surface area contributed by atoms with Gasteiger partial charge < -0.3 is 15.5 Å². The summed E-state index contributed by atoms with van der Waals surface area (Å²) in [5.74, 6) is -0.164. The number of benzene rings is 3. The Balaban J connectivity index is 1.68. The first-order valence-electron chi connectivity index (χ1n) is 8.30. The number of nitrogens with one attached hydrogen (secondary N) is 2. The Labute approximate surface area is 162 Å². The maximum atomic E-state index is 12.7. The van der Waals surface area contributed by atoms with Crippen LogP contribution in [0, 0.1) is 0 Å². The third-order valence-corrected chi connectivity index (χ3v) is 4.17. The van der Waals surface area contributed by atoms with Gasteiger partial charge in [-0.1, -0.05) is 35.9 Å². The number of carbonyl (C=O) groups excluding carboxylic acids is 2. The second-order valence-electron chi connectivity index (χ2n) is 5.87. The van der Waals surface area contributed by atoms with Gasteiger partial charge in [-0.05, 0) is 54.6 Å². The van der Waals surface area contributed by atoms with E-state index in [9.17, 15) is 9.59 Å². The molecule has 0 heterocycles. The van der Waals surface area contributed by atoms with Crippen LogP contribution in [0.25, 0.3) is 0 Å². The zero-order valence-corrected chi connectivity index (χ0v) is 15.4. The van der Waals surface area contributed by atoms with Gasteiger partial charge in [-0.3, -0.25) is 4.79 Å². The van der Waals surface area contributed by atoms with Crippen molar-refractivity contribution in [2.24, 2.45) is 0 Å². The second kappa shape index (κ2) is 8.38. The molecule has 6 heteroatoms. The quantitative estimate of drug-likeness (QED) is 0.649. The molecular weight excluding hydrogens is 362 g/mol. The lowest BCUT2D eigenvalue weighted by Gasteiger charge is -2.17. The molecule has 3 amide bonds. The normalized spacial score (nSPS) is 10.1. The number of halogens is 1. The van der Waals surface area contributed by atoms with E-state index in [4.69, 9.17) is 11.6 Å². The lowest BCUT2D eigenvalue weighted by molar-refractivity contribution is 0.0993. The van der Waals surface area contributed by atoms with Gasteiger partial charge in [-0.2, -0.15) is 0 Å². The van der Waals surface area contributed by atoms with Crippen molar-refractivity contribution in [2.45, 2.75) is 0 Å². The Hall–Kier alpha value is -3.31. The molecule has 3 aromatic carbocycles. The molecule has 0 bridgehead atoms. The fourth-order valence-electron chi connectivity index (χ4n) is 2.52. The van der Waals surface area contributed by atoms with Gasteiger partial charge in [0, 0.05) is 34.7 Å². The predicted octanol–water partition coefficient (Wildman–Crippen LogP) is 5.26. The number of hydrogen-bond acceptors (Lipinski definition) is 2. The summed E-state index contributed by atoms with van der Waals surface area (Å²) in [6, 6.07) is 22.6. The van der Waals surface area contributed by atoms with Crippen molar-refractivity contribution in [3.63, 3.8) is 0 Å². The Morgan fingerprint density at radius 2 is 1.48 bits per heavy atom. The van der Waals surface area contributed by atoms with Crippen LogP contribution >= 0.6 is 11.6 Å². The van der Waals surface area contributed by atoms with Gasteiger partial charge in [-0.15, -0.1) is 0 Å². The van der Waals surface area contributed by atoms with Gasteiger partial charge in [0.1, 0.15) is 0 Å². The number of carbonyl (C=O) groups is 2. The molecule has 3 aromatic rings. The van der Waals surface area contributed by atoms with Gasteiger partial charge in [0.25, 0.3) is 5.91 Å². The predicted molar refractivity (Wildman–Crippen MR) is 110 cm³/mol. The summed E-state index contributed by atoms with van der Waals surface area (Å²) in [6.07, 6.45) is 0. The van der Waals surface area contributed by atoms with E-state index in [0.29, 0.717) is 22.0 Å². The molecule has 0 aliphatic heterocycles. The summed E-state index contributed by atoms with van der Waals surface area (Å²) in [5.41, 5.74) is 2.41. The summed E-state index contributed by atoms with van der Waals surface area (Å²) in [5, 5.41) is 6.03. The van der Waals surface area contributed by atoms with Crippen molar-refractivity contribution in [2.75, 3.05) is 22.6 Å². The third-order valence-electron chi connectivity index (χ3n) is 3.92. The molecule has 136 valence electrons. The van der Waals surface area contributed by atoms with E-state index in [1.807, 2.05) is 30.3 Å². The zero-order chi connectivity index (χ0) is 19.2. The number of urea groups is 1. The number of nitrogens with zero attached hydrogens (tertiary/aromatic N) is 1. The average molecular weight is 380 g/mol. The molecule has 0 unspecified atom stereocenters. The van der Waals surface area contributed by atoms with E-state index >= 15 is 0 Å². The first-order valence-corrected chi connectivity index (χ1v) is 8.67. The van der Waals surface area contributed by atoms with Crippen LogP contribution in [0.1, 0.15) is 10.4 Å². The van der Waals surface area contributed by atoms with Crippen molar-refractivity contribution >= 4 is 40.6 Å².